The Morgan fingerprint density at radius 2 is 1.69 bits per heavy atom. The maximum atomic E-state index is 4.50. The van der Waals surface area contributed by atoms with E-state index in [2.05, 4.69) is 107 Å². The Morgan fingerprint density at radius 1 is 0.931 bits per heavy atom. The van der Waals surface area contributed by atoms with E-state index in [0.29, 0.717) is 0 Å². The van der Waals surface area contributed by atoms with Crippen LogP contribution in [-0.4, -0.2) is 25.1 Å². The first-order chi connectivity index (χ1) is 14.0. The van der Waals surface area contributed by atoms with E-state index in [1.165, 1.54) is 15.3 Å². The molecule has 150 valence electrons. The third kappa shape index (κ3) is 4.63. The van der Waals surface area contributed by atoms with E-state index in [1.54, 1.807) is 22.7 Å². The molecule has 0 fully saturated rings. The number of hydrogen-bond donors (Lipinski definition) is 0. The number of aromatic nitrogens is 4. The molecular formula is C22H25N5S2. The van der Waals surface area contributed by atoms with Crippen molar-refractivity contribution < 1.29 is 0 Å². The van der Waals surface area contributed by atoms with Gasteiger partial charge in [0.25, 0.3) is 0 Å². The number of hydrogen-bond acceptors (Lipinski definition) is 6. The van der Waals surface area contributed by atoms with Crippen molar-refractivity contribution in [1.82, 2.24) is 25.1 Å². The lowest BCUT2D eigenvalue weighted by atomic mass is 10.1. The summed E-state index contributed by atoms with van der Waals surface area (Å²) in [5.74, 6) is 0.882. The fourth-order valence-electron chi connectivity index (χ4n) is 3.42. The molecule has 4 rings (SSSR count). The fraction of sp³-hybridized carbons (Fsp3) is 0.318. The highest BCUT2D eigenvalue weighted by atomic mass is 32.1. The molecule has 0 aliphatic carbocycles. The Morgan fingerprint density at radius 3 is 2.34 bits per heavy atom. The lowest BCUT2D eigenvalue weighted by molar-refractivity contribution is 0.189. The van der Waals surface area contributed by atoms with Crippen LogP contribution in [0.2, 0.25) is 0 Å². The molecule has 0 aliphatic heterocycles. The van der Waals surface area contributed by atoms with Gasteiger partial charge >= 0.3 is 0 Å². The molecular weight excluding hydrogens is 398 g/mol. The standard InChI is InChI=1S/C22H25N5S2/c1-22(2,3)27-21(23-24-25-27)20(19-12-8-14-29-19)26(16-18-11-7-13-28-18)15-17-9-5-4-6-10-17/h4-14,20H,15-16H2,1-3H3. The van der Waals surface area contributed by atoms with Crippen LogP contribution < -0.4 is 0 Å². The van der Waals surface area contributed by atoms with Crippen LogP contribution in [0.5, 0.6) is 0 Å². The molecule has 0 bridgehead atoms. The summed E-state index contributed by atoms with van der Waals surface area (Å²) in [5.41, 5.74) is 1.08. The number of nitrogens with zero attached hydrogens (tertiary/aromatic N) is 5. The predicted octanol–water partition coefficient (Wildman–Crippen LogP) is 5.34. The Labute approximate surface area is 179 Å². The second-order valence-electron chi connectivity index (χ2n) is 8.01. The van der Waals surface area contributed by atoms with Crippen LogP contribution in [-0.2, 0) is 18.6 Å². The fourth-order valence-corrected chi connectivity index (χ4v) is 5.00. The van der Waals surface area contributed by atoms with Gasteiger partial charge in [-0.05, 0) is 59.7 Å². The van der Waals surface area contributed by atoms with Crippen LogP contribution in [0.4, 0.5) is 0 Å². The molecule has 1 atom stereocenters. The van der Waals surface area contributed by atoms with Gasteiger partial charge in [-0.15, -0.1) is 27.8 Å². The van der Waals surface area contributed by atoms with Gasteiger partial charge in [-0.3, -0.25) is 4.90 Å². The molecule has 0 N–H and O–H groups in total. The number of rotatable bonds is 7. The van der Waals surface area contributed by atoms with E-state index in [1.807, 2.05) is 4.68 Å². The largest absolute Gasteiger partial charge is 0.280 e. The summed E-state index contributed by atoms with van der Waals surface area (Å²) < 4.78 is 1.96. The number of thiophene rings is 2. The maximum Gasteiger partial charge on any atom is 0.174 e. The van der Waals surface area contributed by atoms with Gasteiger partial charge in [0.05, 0.1) is 5.54 Å². The molecule has 5 nitrogen and oxygen atoms in total. The topological polar surface area (TPSA) is 46.8 Å². The van der Waals surface area contributed by atoms with E-state index in [4.69, 9.17) is 0 Å². The molecule has 7 heteroatoms. The van der Waals surface area contributed by atoms with E-state index >= 15 is 0 Å². The Balaban J connectivity index is 1.79. The van der Waals surface area contributed by atoms with Crippen molar-refractivity contribution in [3.8, 4) is 0 Å². The maximum absolute atomic E-state index is 4.50. The highest BCUT2D eigenvalue weighted by Gasteiger charge is 2.32. The van der Waals surface area contributed by atoms with Crippen molar-refractivity contribution in [2.75, 3.05) is 0 Å². The SMILES string of the molecule is CC(C)(C)n1nnnc1C(c1cccs1)N(Cc1ccccc1)Cc1cccs1. The first kappa shape index (κ1) is 19.9. The molecule has 0 saturated heterocycles. The van der Waals surface area contributed by atoms with Gasteiger partial charge in [0.1, 0.15) is 6.04 Å². The highest BCUT2D eigenvalue weighted by Crippen LogP contribution is 2.35. The molecule has 3 aromatic heterocycles. The quantitative estimate of drug-likeness (QED) is 0.402. The van der Waals surface area contributed by atoms with Crippen molar-refractivity contribution in [1.29, 1.82) is 0 Å². The van der Waals surface area contributed by atoms with Gasteiger partial charge in [0.2, 0.25) is 0 Å². The highest BCUT2D eigenvalue weighted by molar-refractivity contribution is 7.10. The predicted molar refractivity (Wildman–Crippen MR) is 119 cm³/mol. The molecule has 29 heavy (non-hydrogen) atoms. The molecule has 4 aromatic rings. The van der Waals surface area contributed by atoms with Gasteiger partial charge in [-0.25, -0.2) is 4.68 Å². The van der Waals surface area contributed by atoms with Gasteiger partial charge in [-0.2, -0.15) is 0 Å². The zero-order valence-corrected chi connectivity index (χ0v) is 18.5. The lowest BCUT2D eigenvalue weighted by Gasteiger charge is -2.32. The van der Waals surface area contributed by atoms with Gasteiger partial charge < -0.3 is 0 Å². The van der Waals surface area contributed by atoms with E-state index in [-0.39, 0.29) is 11.6 Å². The third-order valence-electron chi connectivity index (χ3n) is 4.72. The molecule has 1 unspecified atom stereocenters. The number of benzene rings is 1. The van der Waals surface area contributed by atoms with E-state index in [9.17, 15) is 0 Å². The molecule has 0 saturated carbocycles. The van der Waals surface area contributed by atoms with Crippen molar-refractivity contribution in [3.05, 3.63) is 86.5 Å². The first-order valence-corrected chi connectivity index (χ1v) is 11.4. The van der Waals surface area contributed by atoms with Crippen LogP contribution in [0.15, 0.2) is 65.4 Å². The van der Waals surface area contributed by atoms with Crippen molar-refractivity contribution in [3.63, 3.8) is 0 Å². The second-order valence-corrected chi connectivity index (χ2v) is 10.0. The monoisotopic (exact) mass is 423 g/mol. The van der Waals surface area contributed by atoms with Gasteiger partial charge in [-0.1, -0.05) is 42.5 Å². The Bertz CT molecular complexity index is 1000. The van der Waals surface area contributed by atoms with Crippen molar-refractivity contribution in [2.24, 2.45) is 0 Å². The van der Waals surface area contributed by atoms with Crippen LogP contribution in [0, 0.1) is 0 Å². The zero-order chi connectivity index (χ0) is 20.3. The summed E-state index contributed by atoms with van der Waals surface area (Å²) in [6.45, 7) is 8.07. The Hall–Kier alpha value is -2.35. The smallest absolute Gasteiger partial charge is 0.174 e. The lowest BCUT2D eigenvalue weighted by Crippen LogP contribution is -2.34. The summed E-state index contributed by atoms with van der Waals surface area (Å²) in [6.07, 6.45) is 0. The summed E-state index contributed by atoms with van der Waals surface area (Å²) in [6, 6.07) is 19.2. The molecule has 0 spiro atoms. The average molecular weight is 424 g/mol. The van der Waals surface area contributed by atoms with Gasteiger partial charge in [0, 0.05) is 22.8 Å². The minimum atomic E-state index is -0.199. The van der Waals surface area contributed by atoms with E-state index in [0.717, 1.165) is 18.9 Å². The van der Waals surface area contributed by atoms with Crippen molar-refractivity contribution >= 4 is 22.7 Å². The van der Waals surface area contributed by atoms with Crippen LogP contribution in [0.25, 0.3) is 0 Å². The molecule has 1 aromatic carbocycles. The zero-order valence-electron chi connectivity index (χ0n) is 16.9. The third-order valence-corrected chi connectivity index (χ3v) is 6.50. The normalized spacial score (nSPS) is 13.1. The summed E-state index contributed by atoms with van der Waals surface area (Å²) >= 11 is 3.54. The minimum absolute atomic E-state index is 0.0217. The van der Waals surface area contributed by atoms with Crippen LogP contribution >= 0.6 is 22.7 Å². The molecule has 3 heterocycles. The minimum Gasteiger partial charge on any atom is -0.280 e. The molecule has 0 aliphatic rings. The molecule has 0 amide bonds. The number of tetrazole rings is 1. The molecule has 0 radical (unpaired) electrons. The summed E-state index contributed by atoms with van der Waals surface area (Å²) in [7, 11) is 0. The second kappa shape index (κ2) is 8.57. The van der Waals surface area contributed by atoms with Crippen LogP contribution in [0.1, 0.15) is 48.0 Å². The Kier molecular flexibility index (Phi) is 5.89. The summed E-state index contributed by atoms with van der Waals surface area (Å²) in [5, 5.41) is 17.1. The van der Waals surface area contributed by atoms with Crippen molar-refractivity contribution in [2.45, 2.75) is 45.4 Å². The first-order valence-electron chi connectivity index (χ1n) is 9.65. The van der Waals surface area contributed by atoms with Gasteiger partial charge in [0.15, 0.2) is 5.82 Å². The average Bonchev–Trinajstić information content (AvgIpc) is 3.45. The van der Waals surface area contributed by atoms with E-state index < -0.39 is 0 Å². The summed E-state index contributed by atoms with van der Waals surface area (Å²) in [4.78, 5) is 5.05. The van der Waals surface area contributed by atoms with Crippen LogP contribution in [0.3, 0.4) is 0 Å².